The molecule has 2 amide bonds. The van der Waals surface area contributed by atoms with Gasteiger partial charge < -0.3 is 14.4 Å². The summed E-state index contributed by atoms with van der Waals surface area (Å²) in [6, 6.07) is 5.21. The van der Waals surface area contributed by atoms with Gasteiger partial charge in [-0.3, -0.25) is 4.79 Å². The van der Waals surface area contributed by atoms with E-state index in [2.05, 4.69) is 5.10 Å². The van der Waals surface area contributed by atoms with Crippen molar-refractivity contribution in [2.75, 3.05) is 20.2 Å². The Bertz CT molecular complexity index is 782. The van der Waals surface area contributed by atoms with E-state index in [0.29, 0.717) is 36.7 Å². The zero-order valence-electron chi connectivity index (χ0n) is 16.0. The van der Waals surface area contributed by atoms with E-state index in [1.54, 1.807) is 24.1 Å². The number of likely N-dealkylation sites (tertiary alicyclic amines) is 1. The summed E-state index contributed by atoms with van der Waals surface area (Å²) in [6.07, 6.45) is 0.537. The van der Waals surface area contributed by atoms with Crippen molar-refractivity contribution in [2.24, 2.45) is 5.10 Å². The maximum Gasteiger partial charge on any atom is 0.410 e. The molecule has 1 saturated heterocycles. The first-order chi connectivity index (χ1) is 12.7. The van der Waals surface area contributed by atoms with Gasteiger partial charge in [-0.2, -0.15) is 5.10 Å². The Hall–Kier alpha value is -2.28. The van der Waals surface area contributed by atoms with Crippen molar-refractivity contribution in [1.82, 2.24) is 9.91 Å². The number of nitrogens with zero attached hydrogens (tertiary/aromatic N) is 3. The van der Waals surface area contributed by atoms with E-state index in [0.717, 1.165) is 11.3 Å². The summed E-state index contributed by atoms with van der Waals surface area (Å²) < 4.78 is 10.8. The number of hydrogen-bond acceptors (Lipinski definition) is 5. The first kappa shape index (κ1) is 19.5. The molecule has 0 aliphatic carbocycles. The van der Waals surface area contributed by atoms with Crippen molar-refractivity contribution in [2.45, 2.75) is 45.3 Å². The molecular weight excluding hydrogens is 370 g/mol. The van der Waals surface area contributed by atoms with Crippen molar-refractivity contribution < 1.29 is 19.1 Å². The normalized spacial score (nSPS) is 18.1. The quantitative estimate of drug-likeness (QED) is 0.789. The third-order valence-electron chi connectivity index (χ3n) is 4.39. The molecule has 0 unspecified atom stereocenters. The highest BCUT2D eigenvalue weighted by atomic mass is 35.5. The van der Waals surface area contributed by atoms with Crippen LogP contribution >= 0.6 is 11.6 Å². The number of ether oxygens (including phenoxy) is 2. The summed E-state index contributed by atoms with van der Waals surface area (Å²) in [6.45, 7) is 6.30. The molecule has 0 N–H and O–H groups in total. The lowest BCUT2D eigenvalue weighted by molar-refractivity contribution is -0.137. The summed E-state index contributed by atoms with van der Waals surface area (Å²) >= 11 is 6.03. The van der Waals surface area contributed by atoms with Gasteiger partial charge in [0.25, 0.3) is 0 Å². The summed E-state index contributed by atoms with van der Waals surface area (Å²) in [5.74, 6) is 0.583. The van der Waals surface area contributed by atoms with Crippen molar-refractivity contribution in [3.8, 4) is 5.75 Å². The summed E-state index contributed by atoms with van der Waals surface area (Å²) in [7, 11) is 1.58. The number of rotatable bonds is 3. The molecule has 0 aromatic heterocycles. The predicted octanol–water partition coefficient (Wildman–Crippen LogP) is 3.29. The fourth-order valence-electron chi connectivity index (χ4n) is 3.04. The number of amides is 2. The molecule has 0 radical (unpaired) electrons. The van der Waals surface area contributed by atoms with Crippen LogP contribution in [0.25, 0.3) is 0 Å². The third-order valence-corrected chi connectivity index (χ3v) is 4.63. The Morgan fingerprint density at radius 3 is 2.59 bits per heavy atom. The lowest BCUT2D eigenvalue weighted by atomic mass is 10.0. The molecule has 2 heterocycles. The second-order valence-corrected chi connectivity index (χ2v) is 8.11. The van der Waals surface area contributed by atoms with E-state index in [-0.39, 0.29) is 18.0 Å². The fraction of sp³-hybridized carbons (Fsp3) is 0.526. The minimum absolute atomic E-state index is 0.0412. The Kier molecular flexibility index (Phi) is 5.33. The van der Waals surface area contributed by atoms with Crippen LogP contribution in [0.5, 0.6) is 5.75 Å². The number of hydrazone groups is 1. The van der Waals surface area contributed by atoms with E-state index in [1.165, 1.54) is 5.01 Å². The molecule has 2 aliphatic heterocycles. The minimum Gasteiger partial charge on any atom is -0.496 e. The molecule has 8 heteroatoms. The van der Waals surface area contributed by atoms with Gasteiger partial charge in [-0.1, -0.05) is 11.6 Å². The van der Waals surface area contributed by atoms with Gasteiger partial charge in [0.15, 0.2) is 0 Å². The summed E-state index contributed by atoms with van der Waals surface area (Å²) in [5.41, 5.74) is 1.06. The maximum atomic E-state index is 12.4. The van der Waals surface area contributed by atoms with Gasteiger partial charge in [0.05, 0.1) is 18.9 Å². The molecule has 27 heavy (non-hydrogen) atoms. The van der Waals surface area contributed by atoms with E-state index < -0.39 is 5.60 Å². The molecule has 0 atom stereocenters. The van der Waals surface area contributed by atoms with E-state index in [1.807, 2.05) is 26.8 Å². The molecule has 7 nitrogen and oxygen atoms in total. The monoisotopic (exact) mass is 393 g/mol. The Morgan fingerprint density at radius 1 is 1.26 bits per heavy atom. The number of carbonyl (C=O) groups is 2. The molecular formula is C19H24ClN3O4. The fourth-order valence-corrected chi connectivity index (χ4v) is 3.20. The molecule has 1 aromatic rings. The van der Waals surface area contributed by atoms with Crippen LogP contribution in [0.4, 0.5) is 4.79 Å². The zero-order valence-corrected chi connectivity index (χ0v) is 16.7. The van der Waals surface area contributed by atoms with Gasteiger partial charge in [-0.25, -0.2) is 9.80 Å². The van der Waals surface area contributed by atoms with Gasteiger partial charge in [0, 0.05) is 36.5 Å². The Balaban J connectivity index is 1.72. The molecule has 1 aromatic carbocycles. The Morgan fingerprint density at radius 2 is 1.96 bits per heavy atom. The molecule has 3 rings (SSSR count). The highest BCUT2D eigenvalue weighted by Crippen LogP contribution is 2.29. The number of carbonyl (C=O) groups excluding carboxylic acids is 2. The number of methoxy groups -OCH3 is 1. The second-order valence-electron chi connectivity index (χ2n) is 7.67. The van der Waals surface area contributed by atoms with Crippen LogP contribution in [-0.4, -0.2) is 59.5 Å². The van der Waals surface area contributed by atoms with Crippen molar-refractivity contribution in [3.63, 3.8) is 0 Å². The molecule has 0 bridgehead atoms. The van der Waals surface area contributed by atoms with Crippen molar-refractivity contribution in [1.29, 1.82) is 0 Å². The average Bonchev–Trinajstić information content (AvgIpc) is 2.53. The van der Waals surface area contributed by atoms with Gasteiger partial charge in [-0.15, -0.1) is 0 Å². The summed E-state index contributed by atoms with van der Waals surface area (Å²) in [5, 5.41) is 6.63. The van der Waals surface area contributed by atoms with Crippen molar-refractivity contribution >= 4 is 29.3 Å². The lowest BCUT2D eigenvalue weighted by Gasteiger charge is -2.44. The van der Waals surface area contributed by atoms with Crippen LogP contribution in [0.15, 0.2) is 23.3 Å². The molecule has 2 aliphatic rings. The van der Waals surface area contributed by atoms with Gasteiger partial charge in [0.1, 0.15) is 11.4 Å². The molecule has 0 spiro atoms. The van der Waals surface area contributed by atoms with E-state index in [4.69, 9.17) is 21.1 Å². The van der Waals surface area contributed by atoms with Crippen LogP contribution in [0.2, 0.25) is 5.02 Å². The first-order valence-electron chi connectivity index (χ1n) is 8.89. The van der Waals surface area contributed by atoms with Gasteiger partial charge in [0.2, 0.25) is 5.91 Å². The predicted molar refractivity (Wildman–Crippen MR) is 102 cm³/mol. The van der Waals surface area contributed by atoms with Crippen LogP contribution in [0, 0.1) is 0 Å². The average molecular weight is 394 g/mol. The summed E-state index contributed by atoms with van der Waals surface area (Å²) in [4.78, 5) is 26.0. The van der Waals surface area contributed by atoms with Crippen molar-refractivity contribution in [3.05, 3.63) is 28.8 Å². The van der Waals surface area contributed by atoms with Gasteiger partial charge >= 0.3 is 6.09 Å². The van der Waals surface area contributed by atoms with E-state index >= 15 is 0 Å². The zero-order chi connectivity index (χ0) is 19.8. The topological polar surface area (TPSA) is 71.4 Å². The van der Waals surface area contributed by atoms with Crippen LogP contribution in [0.1, 0.15) is 39.2 Å². The first-order valence-corrected chi connectivity index (χ1v) is 9.27. The minimum atomic E-state index is -0.542. The van der Waals surface area contributed by atoms with Crippen LogP contribution in [0.3, 0.4) is 0 Å². The molecule has 1 fully saturated rings. The van der Waals surface area contributed by atoms with Gasteiger partial charge in [-0.05, 0) is 39.0 Å². The highest BCUT2D eigenvalue weighted by Gasteiger charge is 2.40. The second kappa shape index (κ2) is 7.38. The maximum absolute atomic E-state index is 12.4. The number of halogens is 1. The smallest absolute Gasteiger partial charge is 0.410 e. The van der Waals surface area contributed by atoms with Crippen LogP contribution in [-0.2, 0) is 9.53 Å². The standard InChI is InChI=1S/C19H24ClN3O4/c1-19(2,3)27-18(25)22-10-13(11-22)23-17(24)8-7-15(21-23)14-6-5-12(20)9-16(14)26-4/h5-6,9,13H,7-8,10-11H2,1-4H3. The lowest BCUT2D eigenvalue weighted by Crippen LogP contribution is -2.62. The third kappa shape index (κ3) is 4.35. The number of hydrogen-bond donors (Lipinski definition) is 0. The van der Waals surface area contributed by atoms with E-state index in [9.17, 15) is 9.59 Å². The molecule has 0 saturated carbocycles. The molecule has 146 valence electrons. The highest BCUT2D eigenvalue weighted by molar-refractivity contribution is 6.31. The largest absolute Gasteiger partial charge is 0.496 e. The Labute approximate surface area is 163 Å². The number of benzene rings is 1. The SMILES string of the molecule is COc1cc(Cl)ccc1C1=NN(C2CN(C(=O)OC(C)(C)C)C2)C(=O)CC1. The van der Waals surface area contributed by atoms with Crippen LogP contribution < -0.4 is 4.74 Å².